The van der Waals surface area contributed by atoms with Crippen LogP contribution in [0.25, 0.3) is 0 Å². The smallest absolute Gasteiger partial charge is 0.258 e. The molecule has 0 aliphatic carbocycles. The first-order valence-electron chi connectivity index (χ1n) is 10.2. The Bertz CT molecular complexity index is 917. The second kappa shape index (κ2) is 9.01. The fourth-order valence-corrected chi connectivity index (χ4v) is 4.01. The molecular weight excluding hydrogens is 362 g/mol. The summed E-state index contributed by atoms with van der Waals surface area (Å²) in [5, 5.41) is 7.46. The van der Waals surface area contributed by atoms with Crippen molar-refractivity contribution in [1.29, 1.82) is 0 Å². The van der Waals surface area contributed by atoms with Gasteiger partial charge in [-0.15, -0.1) is 0 Å². The summed E-state index contributed by atoms with van der Waals surface area (Å²) in [6.45, 7) is 5.44. The minimum absolute atomic E-state index is 0.158. The van der Waals surface area contributed by atoms with Gasteiger partial charge in [0.15, 0.2) is 0 Å². The Morgan fingerprint density at radius 3 is 2.62 bits per heavy atom. The molecule has 2 aromatic heterocycles. The molecule has 1 aliphatic rings. The van der Waals surface area contributed by atoms with E-state index in [1.165, 1.54) is 5.56 Å². The minimum atomic E-state index is -0.158. The first kappa shape index (κ1) is 19.3. The van der Waals surface area contributed by atoms with Gasteiger partial charge in [0, 0.05) is 38.1 Å². The molecule has 1 atom stereocenters. The van der Waals surface area contributed by atoms with Gasteiger partial charge in [0.25, 0.3) is 5.91 Å². The number of carbonyl (C=O) groups excluding carboxylic acids is 1. The van der Waals surface area contributed by atoms with Crippen LogP contribution in [0, 0.1) is 0 Å². The summed E-state index contributed by atoms with van der Waals surface area (Å²) in [6, 6.07) is 16.4. The highest BCUT2D eigenvalue weighted by Crippen LogP contribution is 2.27. The lowest BCUT2D eigenvalue weighted by Crippen LogP contribution is -2.37. The van der Waals surface area contributed by atoms with E-state index in [-0.39, 0.29) is 5.91 Å². The maximum absolute atomic E-state index is 12.5. The molecule has 3 heterocycles. The van der Waals surface area contributed by atoms with E-state index in [0.717, 1.165) is 38.3 Å². The molecule has 1 unspecified atom stereocenters. The molecule has 4 rings (SSSR count). The van der Waals surface area contributed by atoms with E-state index >= 15 is 0 Å². The highest BCUT2D eigenvalue weighted by molar-refractivity contribution is 6.03. The summed E-state index contributed by atoms with van der Waals surface area (Å²) >= 11 is 0. The van der Waals surface area contributed by atoms with E-state index in [2.05, 4.69) is 57.6 Å². The molecule has 1 fully saturated rings. The van der Waals surface area contributed by atoms with Crippen LogP contribution in [-0.4, -0.2) is 45.2 Å². The van der Waals surface area contributed by atoms with Crippen LogP contribution in [-0.2, 0) is 0 Å². The summed E-state index contributed by atoms with van der Waals surface area (Å²) in [5.74, 6) is 1.11. The quantitative estimate of drug-likeness (QED) is 0.693. The van der Waals surface area contributed by atoms with Crippen molar-refractivity contribution < 1.29 is 4.79 Å². The first-order chi connectivity index (χ1) is 14.2. The average Bonchev–Trinajstić information content (AvgIpc) is 3.23. The van der Waals surface area contributed by atoms with Crippen LogP contribution in [0.5, 0.6) is 0 Å². The summed E-state index contributed by atoms with van der Waals surface area (Å²) in [5.41, 5.74) is 1.94. The number of piperidine rings is 1. The fourth-order valence-electron chi connectivity index (χ4n) is 4.01. The molecule has 3 aromatic rings. The van der Waals surface area contributed by atoms with Gasteiger partial charge in [-0.25, -0.2) is 4.68 Å². The topological polar surface area (TPSA) is 63.1 Å². The number of hydrogen-bond acceptors (Lipinski definition) is 4. The number of rotatable bonds is 6. The Labute approximate surface area is 171 Å². The van der Waals surface area contributed by atoms with E-state index < -0.39 is 0 Å². The zero-order valence-corrected chi connectivity index (χ0v) is 16.7. The Morgan fingerprint density at radius 2 is 1.90 bits per heavy atom. The zero-order valence-electron chi connectivity index (χ0n) is 16.7. The lowest BCUT2D eigenvalue weighted by molar-refractivity contribution is 0.102. The Balaban J connectivity index is 1.34. The monoisotopic (exact) mass is 389 g/mol. The summed E-state index contributed by atoms with van der Waals surface area (Å²) in [6.07, 6.45) is 7.04. The van der Waals surface area contributed by atoms with E-state index in [0.29, 0.717) is 17.5 Å². The van der Waals surface area contributed by atoms with Gasteiger partial charge in [0.1, 0.15) is 5.82 Å². The van der Waals surface area contributed by atoms with Crippen LogP contribution in [0.4, 0.5) is 5.82 Å². The zero-order chi connectivity index (χ0) is 20.1. The normalized spacial score (nSPS) is 16.4. The number of hydrogen-bond donors (Lipinski definition) is 1. The molecular formula is C23H27N5O. The lowest BCUT2D eigenvalue weighted by atomic mass is 9.98. The van der Waals surface area contributed by atoms with Gasteiger partial charge in [-0.05, 0) is 36.5 Å². The van der Waals surface area contributed by atoms with Crippen LogP contribution < -0.4 is 5.32 Å². The van der Waals surface area contributed by atoms with E-state index in [9.17, 15) is 4.79 Å². The van der Waals surface area contributed by atoms with Crippen molar-refractivity contribution in [2.75, 3.05) is 25.0 Å². The van der Waals surface area contributed by atoms with Crippen LogP contribution >= 0.6 is 0 Å². The highest BCUT2D eigenvalue weighted by Gasteiger charge is 2.24. The van der Waals surface area contributed by atoms with Gasteiger partial charge < -0.3 is 10.2 Å². The maximum Gasteiger partial charge on any atom is 0.258 e. The molecule has 0 radical (unpaired) electrons. The Hall–Kier alpha value is -2.99. The molecule has 0 bridgehead atoms. The number of amides is 1. The molecule has 150 valence electrons. The van der Waals surface area contributed by atoms with Gasteiger partial charge >= 0.3 is 0 Å². The molecule has 1 aliphatic heterocycles. The number of aromatic nitrogens is 3. The third kappa shape index (κ3) is 4.71. The van der Waals surface area contributed by atoms with Crippen molar-refractivity contribution in [3.05, 3.63) is 78.2 Å². The molecule has 1 aromatic carbocycles. The van der Waals surface area contributed by atoms with E-state index in [4.69, 9.17) is 0 Å². The van der Waals surface area contributed by atoms with Crippen LogP contribution in [0.3, 0.4) is 0 Å². The molecule has 0 saturated carbocycles. The molecule has 1 amide bonds. The lowest BCUT2D eigenvalue weighted by Gasteiger charge is -2.34. The van der Waals surface area contributed by atoms with Crippen LogP contribution in [0.15, 0.2) is 67.1 Å². The minimum Gasteiger partial charge on any atom is -0.307 e. The largest absolute Gasteiger partial charge is 0.307 e. The van der Waals surface area contributed by atoms with Gasteiger partial charge in [-0.1, -0.05) is 37.3 Å². The number of nitrogens with one attached hydrogen (secondary N) is 1. The number of carbonyl (C=O) groups is 1. The van der Waals surface area contributed by atoms with Crippen molar-refractivity contribution in [2.24, 2.45) is 0 Å². The predicted octanol–water partition coefficient (Wildman–Crippen LogP) is 3.97. The van der Waals surface area contributed by atoms with Crippen LogP contribution in [0.2, 0.25) is 0 Å². The van der Waals surface area contributed by atoms with E-state index in [1.54, 1.807) is 30.7 Å². The third-order valence-electron chi connectivity index (χ3n) is 5.64. The number of anilines is 1. The summed E-state index contributed by atoms with van der Waals surface area (Å²) in [7, 11) is 0. The second-order valence-corrected chi connectivity index (χ2v) is 7.70. The fraction of sp³-hybridized carbons (Fsp3) is 0.348. The molecule has 29 heavy (non-hydrogen) atoms. The Kier molecular flexibility index (Phi) is 6.00. The Morgan fingerprint density at radius 1 is 1.10 bits per heavy atom. The standard InChI is InChI=1S/C23H27N5O/c1-18(19-6-3-2-4-7-19)17-27-14-10-21(11-15-27)28-22(9-13-25-28)26-23(29)20-8-5-12-24-16-20/h2-9,12-13,16,18,21H,10-11,14-15,17H2,1H3,(H,26,29). The summed E-state index contributed by atoms with van der Waals surface area (Å²) in [4.78, 5) is 19.0. The van der Waals surface area contributed by atoms with Gasteiger partial charge in [0.2, 0.25) is 0 Å². The predicted molar refractivity (Wildman–Crippen MR) is 114 cm³/mol. The third-order valence-corrected chi connectivity index (χ3v) is 5.64. The van der Waals surface area contributed by atoms with Crippen molar-refractivity contribution in [3.8, 4) is 0 Å². The van der Waals surface area contributed by atoms with E-state index in [1.807, 2.05) is 10.7 Å². The SMILES string of the molecule is CC(CN1CCC(n2nccc2NC(=O)c2cccnc2)CC1)c1ccccc1. The van der Waals surface area contributed by atoms with Gasteiger partial charge in [0.05, 0.1) is 17.8 Å². The molecule has 1 N–H and O–H groups in total. The number of nitrogens with zero attached hydrogens (tertiary/aromatic N) is 4. The maximum atomic E-state index is 12.5. The van der Waals surface area contributed by atoms with Crippen molar-refractivity contribution in [1.82, 2.24) is 19.7 Å². The van der Waals surface area contributed by atoms with Crippen LogP contribution in [0.1, 0.15) is 47.6 Å². The highest BCUT2D eigenvalue weighted by atomic mass is 16.1. The number of pyridine rings is 1. The molecule has 6 nitrogen and oxygen atoms in total. The first-order valence-corrected chi connectivity index (χ1v) is 10.2. The van der Waals surface area contributed by atoms with Gasteiger partial charge in [-0.2, -0.15) is 5.10 Å². The van der Waals surface area contributed by atoms with Crippen molar-refractivity contribution in [2.45, 2.75) is 31.7 Å². The number of likely N-dealkylation sites (tertiary alicyclic amines) is 1. The van der Waals surface area contributed by atoms with Crippen molar-refractivity contribution in [3.63, 3.8) is 0 Å². The second-order valence-electron chi connectivity index (χ2n) is 7.70. The molecule has 0 spiro atoms. The average molecular weight is 390 g/mol. The number of benzene rings is 1. The van der Waals surface area contributed by atoms with Crippen molar-refractivity contribution >= 4 is 11.7 Å². The molecule has 1 saturated heterocycles. The molecule has 6 heteroatoms. The summed E-state index contributed by atoms with van der Waals surface area (Å²) < 4.78 is 1.96. The van der Waals surface area contributed by atoms with Gasteiger partial charge in [-0.3, -0.25) is 9.78 Å².